The number of rotatable bonds is 7. The third-order valence-electron chi connectivity index (χ3n) is 4.16. The van der Waals surface area contributed by atoms with E-state index < -0.39 is 6.04 Å². The molecule has 0 fully saturated rings. The fraction of sp³-hybridized carbons (Fsp3) is 0.130. The van der Waals surface area contributed by atoms with E-state index in [0.29, 0.717) is 22.0 Å². The number of ether oxygens (including phenoxy) is 1. The number of para-hydroxylation sites is 1. The van der Waals surface area contributed by atoms with Crippen molar-refractivity contribution in [2.45, 2.75) is 19.4 Å². The summed E-state index contributed by atoms with van der Waals surface area (Å²) < 4.78 is 5.74. The van der Waals surface area contributed by atoms with Gasteiger partial charge in [0.1, 0.15) is 11.5 Å². The number of amides is 2. The highest BCUT2D eigenvalue weighted by atomic mass is 35.5. The first kappa shape index (κ1) is 20.4. The van der Waals surface area contributed by atoms with E-state index in [1.165, 1.54) is 6.92 Å². The Kier molecular flexibility index (Phi) is 6.87. The molecular weight excluding hydrogens is 388 g/mol. The maximum absolute atomic E-state index is 12.5. The molecule has 0 spiro atoms. The number of benzene rings is 3. The van der Waals surface area contributed by atoms with Gasteiger partial charge in [0, 0.05) is 17.6 Å². The Balaban J connectivity index is 1.64. The lowest BCUT2D eigenvalue weighted by Gasteiger charge is -2.19. The topological polar surface area (TPSA) is 67.4 Å². The maximum atomic E-state index is 12.5. The second kappa shape index (κ2) is 9.75. The van der Waals surface area contributed by atoms with E-state index in [4.69, 9.17) is 16.3 Å². The molecule has 2 amide bonds. The van der Waals surface area contributed by atoms with Crippen LogP contribution in [0.15, 0.2) is 78.9 Å². The highest BCUT2D eigenvalue weighted by Gasteiger charge is 2.19. The molecule has 3 aromatic rings. The van der Waals surface area contributed by atoms with Gasteiger partial charge in [-0.2, -0.15) is 0 Å². The van der Waals surface area contributed by atoms with Crippen molar-refractivity contribution >= 4 is 29.1 Å². The zero-order valence-electron chi connectivity index (χ0n) is 15.9. The van der Waals surface area contributed by atoms with Crippen molar-refractivity contribution in [1.29, 1.82) is 0 Å². The van der Waals surface area contributed by atoms with Crippen LogP contribution in [0.5, 0.6) is 11.5 Å². The Hall–Kier alpha value is -3.31. The first-order valence-electron chi connectivity index (χ1n) is 9.15. The minimum Gasteiger partial charge on any atom is -0.457 e. The van der Waals surface area contributed by atoms with Crippen LogP contribution in [-0.2, 0) is 9.59 Å². The van der Waals surface area contributed by atoms with Gasteiger partial charge in [-0.05, 0) is 48.0 Å². The molecule has 3 aromatic carbocycles. The Morgan fingerprint density at radius 2 is 1.52 bits per heavy atom. The SMILES string of the molecule is CC(=O)NC(CC(=O)Nc1ccc(Oc2ccccc2)cc1)c1ccccc1Cl. The molecule has 0 aromatic heterocycles. The van der Waals surface area contributed by atoms with Crippen LogP contribution < -0.4 is 15.4 Å². The fourth-order valence-electron chi connectivity index (χ4n) is 2.87. The molecule has 0 aliphatic carbocycles. The number of anilines is 1. The van der Waals surface area contributed by atoms with Crippen molar-refractivity contribution < 1.29 is 14.3 Å². The second-order valence-electron chi connectivity index (χ2n) is 6.47. The van der Waals surface area contributed by atoms with E-state index in [0.717, 1.165) is 5.75 Å². The van der Waals surface area contributed by atoms with Crippen LogP contribution in [0.4, 0.5) is 5.69 Å². The van der Waals surface area contributed by atoms with E-state index in [-0.39, 0.29) is 18.2 Å². The maximum Gasteiger partial charge on any atom is 0.226 e. The quantitative estimate of drug-likeness (QED) is 0.554. The lowest BCUT2D eigenvalue weighted by Crippen LogP contribution is -2.30. The Morgan fingerprint density at radius 1 is 0.897 bits per heavy atom. The first-order valence-corrected chi connectivity index (χ1v) is 9.53. The summed E-state index contributed by atoms with van der Waals surface area (Å²) in [6, 6.07) is 23.2. The highest BCUT2D eigenvalue weighted by molar-refractivity contribution is 6.31. The number of hydrogen-bond acceptors (Lipinski definition) is 3. The molecule has 1 atom stereocenters. The molecule has 148 valence electrons. The van der Waals surface area contributed by atoms with Gasteiger partial charge in [-0.3, -0.25) is 9.59 Å². The highest BCUT2D eigenvalue weighted by Crippen LogP contribution is 2.26. The molecule has 0 radical (unpaired) electrons. The monoisotopic (exact) mass is 408 g/mol. The summed E-state index contributed by atoms with van der Waals surface area (Å²) in [6.45, 7) is 1.41. The van der Waals surface area contributed by atoms with Crippen LogP contribution >= 0.6 is 11.6 Å². The molecule has 0 heterocycles. The third kappa shape index (κ3) is 6.09. The minimum atomic E-state index is -0.512. The molecule has 0 saturated carbocycles. The van der Waals surface area contributed by atoms with Crippen LogP contribution in [0, 0.1) is 0 Å². The number of halogens is 1. The molecule has 0 saturated heterocycles. The van der Waals surface area contributed by atoms with Crippen LogP contribution in [0.2, 0.25) is 5.02 Å². The van der Waals surface area contributed by atoms with Crippen molar-refractivity contribution in [3.63, 3.8) is 0 Å². The molecule has 0 bridgehead atoms. The molecule has 0 aliphatic rings. The van der Waals surface area contributed by atoms with Crippen molar-refractivity contribution in [2.24, 2.45) is 0 Å². The van der Waals surface area contributed by atoms with Gasteiger partial charge in [0.2, 0.25) is 11.8 Å². The molecule has 1 unspecified atom stereocenters. The molecule has 2 N–H and O–H groups in total. The van der Waals surface area contributed by atoms with Crippen LogP contribution in [0.25, 0.3) is 0 Å². The van der Waals surface area contributed by atoms with Crippen LogP contribution in [0.1, 0.15) is 24.9 Å². The van der Waals surface area contributed by atoms with Crippen molar-refractivity contribution in [3.05, 3.63) is 89.4 Å². The van der Waals surface area contributed by atoms with E-state index in [2.05, 4.69) is 10.6 Å². The number of hydrogen-bond donors (Lipinski definition) is 2. The molecule has 5 nitrogen and oxygen atoms in total. The summed E-state index contributed by atoms with van der Waals surface area (Å²) in [5.41, 5.74) is 1.34. The largest absolute Gasteiger partial charge is 0.457 e. The third-order valence-corrected chi connectivity index (χ3v) is 4.51. The van der Waals surface area contributed by atoms with Crippen LogP contribution in [-0.4, -0.2) is 11.8 Å². The predicted molar refractivity (Wildman–Crippen MR) is 114 cm³/mol. The van der Waals surface area contributed by atoms with Gasteiger partial charge in [0.25, 0.3) is 0 Å². The molecular formula is C23H21ClN2O3. The average Bonchev–Trinajstić information content (AvgIpc) is 2.70. The molecule has 3 rings (SSSR count). The van der Waals surface area contributed by atoms with E-state index >= 15 is 0 Å². The summed E-state index contributed by atoms with van der Waals surface area (Å²) in [5.74, 6) is 0.939. The van der Waals surface area contributed by atoms with E-state index in [9.17, 15) is 9.59 Å². The smallest absolute Gasteiger partial charge is 0.226 e. The normalized spacial score (nSPS) is 11.4. The summed E-state index contributed by atoms with van der Waals surface area (Å²) in [7, 11) is 0. The Bertz CT molecular complexity index is 975. The summed E-state index contributed by atoms with van der Waals surface area (Å²) in [4.78, 5) is 24.1. The van der Waals surface area contributed by atoms with Gasteiger partial charge < -0.3 is 15.4 Å². The summed E-state index contributed by atoms with van der Waals surface area (Å²) in [5, 5.41) is 6.12. The zero-order valence-corrected chi connectivity index (χ0v) is 16.6. The van der Waals surface area contributed by atoms with Gasteiger partial charge in [-0.25, -0.2) is 0 Å². The van der Waals surface area contributed by atoms with Gasteiger partial charge in [0.05, 0.1) is 12.5 Å². The first-order chi connectivity index (χ1) is 14.0. The molecule has 0 aliphatic heterocycles. The van der Waals surface area contributed by atoms with Gasteiger partial charge in [0.15, 0.2) is 0 Å². The van der Waals surface area contributed by atoms with Crippen molar-refractivity contribution in [1.82, 2.24) is 5.32 Å². The average molecular weight is 409 g/mol. The Labute approximate surface area is 174 Å². The lowest BCUT2D eigenvalue weighted by molar-refractivity contribution is -0.120. The number of carbonyl (C=O) groups is 2. The van der Waals surface area contributed by atoms with Gasteiger partial charge >= 0.3 is 0 Å². The standard InChI is InChI=1S/C23H21ClN2O3/c1-16(27)25-22(20-9-5-6-10-21(20)24)15-23(28)26-17-11-13-19(14-12-17)29-18-7-3-2-4-8-18/h2-14,22H,15H2,1H3,(H,25,27)(H,26,28). The predicted octanol–water partition coefficient (Wildman–Crippen LogP) is 5.34. The molecule has 6 heteroatoms. The van der Waals surface area contributed by atoms with Gasteiger partial charge in [-0.1, -0.05) is 48.0 Å². The lowest BCUT2D eigenvalue weighted by atomic mass is 10.0. The Morgan fingerprint density at radius 3 is 2.17 bits per heavy atom. The van der Waals surface area contributed by atoms with E-state index in [1.54, 1.807) is 42.5 Å². The zero-order chi connectivity index (χ0) is 20.6. The summed E-state index contributed by atoms with van der Waals surface area (Å²) >= 11 is 6.23. The molecule has 29 heavy (non-hydrogen) atoms. The van der Waals surface area contributed by atoms with Crippen LogP contribution in [0.3, 0.4) is 0 Å². The minimum absolute atomic E-state index is 0.0611. The van der Waals surface area contributed by atoms with Gasteiger partial charge in [-0.15, -0.1) is 0 Å². The second-order valence-corrected chi connectivity index (χ2v) is 6.87. The number of carbonyl (C=O) groups excluding carboxylic acids is 2. The van der Waals surface area contributed by atoms with Crippen molar-refractivity contribution in [2.75, 3.05) is 5.32 Å². The summed E-state index contributed by atoms with van der Waals surface area (Å²) in [6.07, 6.45) is 0.0611. The van der Waals surface area contributed by atoms with Crippen molar-refractivity contribution in [3.8, 4) is 11.5 Å². The number of nitrogens with one attached hydrogen (secondary N) is 2. The fourth-order valence-corrected chi connectivity index (χ4v) is 3.14. The van der Waals surface area contributed by atoms with E-state index in [1.807, 2.05) is 36.4 Å².